The van der Waals surface area contributed by atoms with Gasteiger partial charge in [-0.25, -0.2) is 8.42 Å². The number of rotatable bonds is 8. The first-order chi connectivity index (χ1) is 17.5. The van der Waals surface area contributed by atoms with Crippen molar-refractivity contribution in [3.05, 3.63) is 63.1 Å². The molecule has 4 atom stereocenters. The topological polar surface area (TPSA) is 103 Å². The second-order valence-electron chi connectivity index (χ2n) is 9.94. The van der Waals surface area contributed by atoms with E-state index in [0.717, 1.165) is 18.7 Å². The van der Waals surface area contributed by atoms with E-state index < -0.39 is 38.9 Å². The lowest BCUT2D eigenvalue weighted by Gasteiger charge is -2.39. The van der Waals surface area contributed by atoms with Crippen LogP contribution < -0.4 is 5.32 Å². The number of hydrogen-bond acceptors (Lipinski definition) is 7. The number of sulfone groups is 1. The summed E-state index contributed by atoms with van der Waals surface area (Å²) < 4.78 is 33.4. The van der Waals surface area contributed by atoms with Crippen molar-refractivity contribution in [3.63, 3.8) is 0 Å². The summed E-state index contributed by atoms with van der Waals surface area (Å²) in [5.41, 5.74) is -0.00945. The van der Waals surface area contributed by atoms with Gasteiger partial charge in [0.25, 0.3) is 0 Å². The Balaban J connectivity index is 1.56. The first-order valence-electron chi connectivity index (χ1n) is 12.1. The Bertz CT molecular complexity index is 1240. The summed E-state index contributed by atoms with van der Waals surface area (Å²) in [5, 5.41) is 24.6. The lowest BCUT2D eigenvalue weighted by Crippen LogP contribution is -2.57. The zero-order valence-electron chi connectivity index (χ0n) is 20.4. The third-order valence-corrected chi connectivity index (χ3v) is 10.6. The SMILES string of the molecule is CN1CCC(C#N)(NC(O)[C@@H]2CC(S(=O)(=O)c3ccc(Cl)cc3Cl)C[C@H]2OCc2ccc(Cl)cc2)CC1. The first kappa shape index (κ1) is 28.6. The summed E-state index contributed by atoms with van der Waals surface area (Å²) >= 11 is 18.2. The van der Waals surface area contributed by atoms with Gasteiger partial charge in [0, 0.05) is 29.1 Å². The van der Waals surface area contributed by atoms with E-state index >= 15 is 0 Å². The highest BCUT2D eigenvalue weighted by atomic mass is 35.5. The number of aliphatic hydroxyl groups is 1. The van der Waals surface area contributed by atoms with Crippen LogP contribution in [0.4, 0.5) is 0 Å². The molecule has 1 aliphatic carbocycles. The number of hydrogen-bond donors (Lipinski definition) is 2. The Morgan fingerprint density at radius 3 is 2.41 bits per heavy atom. The van der Waals surface area contributed by atoms with Crippen molar-refractivity contribution < 1.29 is 18.3 Å². The second-order valence-corrected chi connectivity index (χ2v) is 13.4. The van der Waals surface area contributed by atoms with E-state index in [2.05, 4.69) is 16.3 Å². The largest absolute Gasteiger partial charge is 0.378 e. The minimum Gasteiger partial charge on any atom is -0.378 e. The molecule has 2 aromatic rings. The number of aliphatic hydroxyl groups excluding tert-OH is 1. The van der Waals surface area contributed by atoms with Crippen molar-refractivity contribution in [2.75, 3.05) is 20.1 Å². The molecular formula is C26H30Cl3N3O4S. The number of ether oxygens (including phenoxy) is 1. The van der Waals surface area contributed by atoms with Crippen molar-refractivity contribution in [2.45, 2.75) is 60.3 Å². The summed E-state index contributed by atoms with van der Waals surface area (Å²) in [6, 6.07) is 13.9. The van der Waals surface area contributed by atoms with Crippen LogP contribution in [0, 0.1) is 17.2 Å². The minimum atomic E-state index is -3.83. The molecule has 1 heterocycles. The van der Waals surface area contributed by atoms with E-state index in [1.807, 2.05) is 19.2 Å². The quantitative estimate of drug-likeness (QED) is 0.433. The van der Waals surface area contributed by atoms with E-state index in [1.54, 1.807) is 12.1 Å². The van der Waals surface area contributed by atoms with Crippen molar-refractivity contribution >= 4 is 44.6 Å². The number of likely N-dealkylation sites (tertiary alicyclic amines) is 1. The lowest BCUT2D eigenvalue weighted by molar-refractivity contribution is -0.0489. The number of piperidine rings is 1. The highest BCUT2D eigenvalue weighted by Gasteiger charge is 2.47. The van der Waals surface area contributed by atoms with Gasteiger partial charge in [-0.15, -0.1) is 0 Å². The van der Waals surface area contributed by atoms with Crippen LogP contribution in [0.1, 0.15) is 31.2 Å². The van der Waals surface area contributed by atoms with Gasteiger partial charge in [0.2, 0.25) is 0 Å². The standard InChI is InChI=1S/C26H30Cl3N3O4S/c1-32-10-8-26(16-30,9-11-32)31-25(33)21-13-20(37(34,35)24-7-6-19(28)12-22(24)29)14-23(21)36-15-17-2-4-18(27)5-3-17/h2-7,12,20-21,23,25,31,33H,8-11,13-15H2,1H3/t20?,21-,23-,25?/m1/s1. The fraction of sp³-hybridized carbons (Fsp3) is 0.500. The van der Waals surface area contributed by atoms with Crippen LogP contribution >= 0.6 is 34.8 Å². The summed E-state index contributed by atoms with van der Waals surface area (Å²) in [6.07, 6.45) is -0.238. The highest BCUT2D eigenvalue weighted by molar-refractivity contribution is 7.92. The van der Waals surface area contributed by atoms with Crippen LogP contribution in [0.15, 0.2) is 47.4 Å². The molecule has 7 nitrogen and oxygen atoms in total. The van der Waals surface area contributed by atoms with E-state index in [1.165, 1.54) is 18.2 Å². The normalized spacial score (nSPS) is 25.0. The number of nitriles is 1. The number of benzene rings is 2. The molecule has 2 fully saturated rings. The molecule has 0 radical (unpaired) electrons. The Kier molecular flexibility index (Phi) is 9.09. The van der Waals surface area contributed by atoms with Gasteiger partial charge in [0.15, 0.2) is 9.84 Å². The monoisotopic (exact) mass is 585 g/mol. The van der Waals surface area contributed by atoms with Gasteiger partial charge in [-0.3, -0.25) is 5.32 Å². The molecule has 0 amide bonds. The van der Waals surface area contributed by atoms with Crippen molar-refractivity contribution in [1.29, 1.82) is 5.26 Å². The molecule has 1 saturated carbocycles. The van der Waals surface area contributed by atoms with Crippen LogP contribution in [-0.2, 0) is 21.2 Å². The Hall–Kier alpha value is -1.41. The fourth-order valence-corrected chi connectivity index (χ4v) is 7.83. The maximum Gasteiger partial charge on any atom is 0.182 e. The van der Waals surface area contributed by atoms with Gasteiger partial charge in [-0.05, 0) is 68.6 Å². The summed E-state index contributed by atoms with van der Waals surface area (Å²) in [4.78, 5) is 2.14. The lowest BCUT2D eigenvalue weighted by atomic mass is 9.88. The molecular weight excluding hydrogens is 557 g/mol. The maximum atomic E-state index is 13.6. The average molecular weight is 587 g/mol. The van der Waals surface area contributed by atoms with Crippen LogP contribution in [0.5, 0.6) is 0 Å². The predicted octanol–water partition coefficient (Wildman–Crippen LogP) is 4.68. The molecule has 0 bridgehead atoms. The van der Waals surface area contributed by atoms with Crippen molar-refractivity contribution in [1.82, 2.24) is 10.2 Å². The maximum absolute atomic E-state index is 13.6. The van der Waals surface area contributed by atoms with Crippen LogP contribution in [0.3, 0.4) is 0 Å². The molecule has 11 heteroatoms. The van der Waals surface area contributed by atoms with Gasteiger partial charge < -0.3 is 14.7 Å². The molecule has 2 aliphatic rings. The molecule has 2 N–H and O–H groups in total. The van der Waals surface area contributed by atoms with Crippen LogP contribution in [-0.4, -0.2) is 61.7 Å². The highest BCUT2D eigenvalue weighted by Crippen LogP contribution is 2.40. The Labute approximate surface area is 233 Å². The molecule has 0 spiro atoms. The van der Waals surface area contributed by atoms with E-state index in [-0.39, 0.29) is 29.4 Å². The Morgan fingerprint density at radius 1 is 1.14 bits per heavy atom. The fourth-order valence-electron chi connectivity index (χ4n) is 5.11. The summed E-state index contributed by atoms with van der Waals surface area (Å²) in [6.45, 7) is 1.68. The number of nitrogens with one attached hydrogen (secondary N) is 1. The number of nitrogens with zero attached hydrogens (tertiary/aromatic N) is 2. The minimum absolute atomic E-state index is 0.00642. The molecule has 4 rings (SSSR count). The van der Waals surface area contributed by atoms with E-state index in [0.29, 0.717) is 22.9 Å². The van der Waals surface area contributed by atoms with Gasteiger partial charge in [0.05, 0.1) is 33.9 Å². The number of halogens is 3. The van der Waals surface area contributed by atoms with Crippen molar-refractivity contribution in [3.8, 4) is 6.07 Å². The first-order valence-corrected chi connectivity index (χ1v) is 14.8. The van der Waals surface area contributed by atoms with Gasteiger partial charge in [-0.2, -0.15) is 5.26 Å². The average Bonchev–Trinajstić information content (AvgIpc) is 3.30. The predicted molar refractivity (Wildman–Crippen MR) is 144 cm³/mol. The third-order valence-electron chi connectivity index (χ3n) is 7.41. The van der Waals surface area contributed by atoms with Gasteiger partial charge >= 0.3 is 0 Å². The molecule has 1 aliphatic heterocycles. The van der Waals surface area contributed by atoms with Crippen LogP contribution in [0.25, 0.3) is 0 Å². The molecule has 37 heavy (non-hydrogen) atoms. The zero-order chi connectivity index (χ0) is 26.8. The molecule has 200 valence electrons. The molecule has 2 unspecified atom stereocenters. The van der Waals surface area contributed by atoms with Crippen molar-refractivity contribution in [2.24, 2.45) is 5.92 Å². The molecule has 0 aromatic heterocycles. The summed E-state index contributed by atoms with van der Waals surface area (Å²) in [5.74, 6) is -0.553. The van der Waals surface area contributed by atoms with E-state index in [9.17, 15) is 18.8 Å². The van der Waals surface area contributed by atoms with E-state index in [4.69, 9.17) is 39.5 Å². The van der Waals surface area contributed by atoms with Crippen LogP contribution in [0.2, 0.25) is 15.1 Å². The second kappa shape index (κ2) is 11.8. The summed E-state index contributed by atoms with van der Waals surface area (Å²) in [7, 11) is -1.84. The van der Waals surface area contributed by atoms with Gasteiger partial charge in [-0.1, -0.05) is 46.9 Å². The third kappa shape index (κ3) is 6.60. The smallest absolute Gasteiger partial charge is 0.182 e. The van der Waals surface area contributed by atoms with Gasteiger partial charge in [0.1, 0.15) is 11.8 Å². The molecule has 1 saturated heterocycles. The Morgan fingerprint density at radius 2 is 1.78 bits per heavy atom. The zero-order valence-corrected chi connectivity index (χ0v) is 23.5. The molecule has 2 aromatic carbocycles.